The lowest BCUT2D eigenvalue weighted by molar-refractivity contribution is -0.125. The molecule has 0 aliphatic carbocycles. The van der Waals surface area contributed by atoms with Crippen molar-refractivity contribution in [2.24, 2.45) is 5.73 Å². The molecule has 1 aromatic carbocycles. The molecule has 0 saturated heterocycles. The highest BCUT2D eigenvalue weighted by Gasteiger charge is 2.26. The molecule has 100 valence electrons. The average Bonchev–Trinajstić information content (AvgIpc) is 2.26. The molecular formula is C12H15F3N2O. The molecule has 0 bridgehead atoms. The minimum atomic E-state index is -4.18. The fourth-order valence-corrected chi connectivity index (χ4v) is 1.93. The van der Waals surface area contributed by atoms with E-state index < -0.39 is 12.7 Å². The van der Waals surface area contributed by atoms with E-state index in [9.17, 15) is 13.2 Å². The molecule has 3 N–H and O–H groups in total. The van der Waals surface area contributed by atoms with Crippen LogP contribution in [0.3, 0.4) is 0 Å². The van der Waals surface area contributed by atoms with Crippen LogP contribution in [0.2, 0.25) is 0 Å². The molecule has 0 aromatic heterocycles. The number of alkyl halides is 3. The van der Waals surface area contributed by atoms with E-state index in [1.165, 1.54) is 0 Å². The zero-order chi connectivity index (χ0) is 13.2. The smallest absolute Gasteiger partial charge is 0.401 e. The SMILES string of the molecule is N[C@H]1COc2ccc(CNCC(F)(F)F)cc2C1. The largest absolute Gasteiger partial charge is 0.492 e. The highest BCUT2D eigenvalue weighted by molar-refractivity contribution is 5.39. The first-order valence-electron chi connectivity index (χ1n) is 5.72. The van der Waals surface area contributed by atoms with Crippen molar-refractivity contribution in [3.63, 3.8) is 0 Å². The lowest BCUT2D eigenvalue weighted by Gasteiger charge is -2.23. The molecule has 0 fully saturated rings. The second-order valence-electron chi connectivity index (χ2n) is 4.44. The normalized spacial score (nSPS) is 19.2. The van der Waals surface area contributed by atoms with Crippen molar-refractivity contribution in [2.75, 3.05) is 13.2 Å². The van der Waals surface area contributed by atoms with Crippen LogP contribution >= 0.6 is 0 Å². The van der Waals surface area contributed by atoms with Gasteiger partial charge in [0.1, 0.15) is 12.4 Å². The Balaban J connectivity index is 1.96. The van der Waals surface area contributed by atoms with Gasteiger partial charge in [-0.05, 0) is 23.6 Å². The molecule has 0 saturated carbocycles. The molecule has 1 aliphatic heterocycles. The maximum atomic E-state index is 12.0. The summed E-state index contributed by atoms with van der Waals surface area (Å²) in [6.07, 6.45) is -3.48. The fourth-order valence-electron chi connectivity index (χ4n) is 1.93. The van der Waals surface area contributed by atoms with Crippen LogP contribution in [0.25, 0.3) is 0 Å². The summed E-state index contributed by atoms with van der Waals surface area (Å²) in [6.45, 7) is -0.319. The van der Waals surface area contributed by atoms with Crippen molar-refractivity contribution in [3.8, 4) is 5.75 Å². The van der Waals surface area contributed by atoms with Gasteiger partial charge in [0.2, 0.25) is 0 Å². The molecule has 1 heterocycles. The lowest BCUT2D eigenvalue weighted by atomic mass is 10.0. The van der Waals surface area contributed by atoms with Gasteiger partial charge in [-0.3, -0.25) is 0 Å². The Labute approximate surface area is 103 Å². The van der Waals surface area contributed by atoms with Crippen molar-refractivity contribution >= 4 is 0 Å². The quantitative estimate of drug-likeness (QED) is 0.867. The molecule has 1 aromatic rings. The molecule has 1 atom stereocenters. The first-order valence-corrected chi connectivity index (χ1v) is 5.72. The number of halogens is 3. The number of rotatable bonds is 3. The third-order valence-electron chi connectivity index (χ3n) is 2.71. The second kappa shape index (κ2) is 5.16. The Morgan fingerprint density at radius 1 is 1.39 bits per heavy atom. The monoisotopic (exact) mass is 260 g/mol. The van der Waals surface area contributed by atoms with Crippen LogP contribution in [0.1, 0.15) is 11.1 Å². The van der Waals surface area contributed by atoms with Gasteiger partial charge in [-0.2, -0.15) is 13.2 Å². The van der Waals surface area contributed by atoms with E-state index in [0.717, 1.165) is 16.9 Å². The van der Waals surface area contributed by atoms with Crippen molar-refractivity contribution in [3.05, 3.63) is 29.3 Å². The van der Waals surface area contributed by atoms with E-state index >= 15 is 0 Å². The highest BCUT2D eigenvalue weighted by Crippen LogP contribution is 2.25. The van der Waals surface area contributed by atoms with Crippen molar-refractivity contribution in [1.82, 2.24) is 5.32 Å². The van der Waals surface area contributed by atoms with Crippen LogP contribution in [-0.4, -0.2) is 25.4 Å². The van der Waals surface area contributed by atoms with Gasteiger partial charge in [0.25, 0.3) is 0 Å². The van der Waals surface area contributed by atoms with Crippen LogP contribution in [0.5, 0.6) is 5.75 Å². The first-order chi connectivity index (χ1) is 8.44. The number of nitrogens with one attached hydrogen (secondary N) is 1. The zero-order valence-corrected chi connectivity index (χ0v) is 9.76. The van der Waals surface area contributed by atoms with E-state index in [1.54, 1.807) is 12.1 Å². The average molecular weight is 260 g/mol. The number of nitrogens with two attached hydrogens (primary N) is 1. The summed E-state index contributed by atoms with van der Waals surface area (Å²) in [6, 6.07) is 5.35. The Hall–Kier alpha value is -1.27. The van der Waals surface area contributed by atoms with Gasteiger partial charge >= 0.3 is 6.18 Å². The maximum Gasteiger partial charge on any atom is 0.401 e. The molecule has 18 heavy (non-hydrogen) atoms. The van der Waals surface area contributed by atoms with Gasteiger partial charge in [-0.25, -0.2) is 0 Å². The number of ether oxygens (including phenoxy) is 1. The molecular weight excluding hydrogens is 245 g/mol. The molecule has 6 heteroatoms. The number of hydrogen-bond donors (Lipinski definition) is 2. The summed E-state index contributed by atoms with van der Waals surface area (Å²) in [5, 5.41) is 2.36. The van der Waals surface area contributed by atoms with Gasteiger partial charge in [0.15, 0.2) is 0 Å². The van der Waals surface area contributed by atoms with Gasteiger partial charge in [0, 0.05) is 12.6 Å². The van der Waals surface area contributed by atoms with E-state index in [-0.39, 0.29) is 12.6 Å². The summed E-state index contributed by atoms with van der Waals surface area (Å²) in [4.78, 5) is 0. The number of hydrogen-bond acceptors (Lipinski definition) is 3. The summed E-state index contributed by atoms with van der Waals surface area (Å²) in [7, 11) is 0. The standard InChI is InChI=1S/C12H15F3N2O/c13-12(14,15)7-17-5-8-1-2-11-9(3-8)4-10(16)6-18-11/h1-3,10,17H,4-7,16H2/t10-/m1/s1. The Morgan fingerprint density at radius 3 is 2.89 bits per heavy atom. The van der Waals surface area contributed by atoms with Crippen molar-refractivity contribution in [2.45, 2.75) is 25.2 Å². The minimum Gasteiger partial charge on any atom is -0.492 e. The van der Waals surface area contributed by atoms with Crippen molar-refractivity contribution < 1.29 is 17.9 Å². The second-order valence-corrected chi connectivity index (χ2v) is 4.44. The lowest BCUT2D eigenvalue weighted by Crippen LogP contribution is -2.34. The minimum absolute atomic E-state index is 0.0455. The third-order valence-corrected chi connectivity index (χ3v) is 2.71. The van der Waals surface area contributed by atoms with Gasteiger partial charge in [0.05, 0.1) is 6.54 Å². The molecule has 0 amide bonds. The van der Waals surface area contributed by atoms with Crippen molar-refractivity contribution in [1.29, 1.82) is 0 Å². The summed E-state index contributed by atoms with van der Waals surface area (Å²) in [5.74, 6) is 0.774. The van der Waals surface area contributed by atoms with Gasteiger partial charge < -0.3 is 15.8 Å². The van der Waals surface area contributed by atoms with E-state index in [2.05, 4.69) is 5.32 Å². The van der Waals surface area contributed by atoms with Crippen LogP contribution < -0.4 is 15.8 Å². The van der Waals surface area contributed by atoms with Gasteiger partial charge in [-0.15, -0.1) is 0 Å². The predicted molar refractivity (Wildman–Crippen MR) is 61.4 cm³/mol. The molecule has 0 unspecified atom stereocenters. The molecule has 0 spiro atoms. The molecule has 2 rings (SSSR count). The molecule has 0 radical (unpaired) electrons. The topological polar surface area (TPSA) is 47.3 Å². The molecule has 1 aliphatic rings. The predicted octanol–water partition coefficient (Wildman–Crippen LogP) is 1.60. The van der Waals surface area contributed by atoms with Crippen LogP contribution in [0.4, 0.5) is 13.2 Å². The number of fused-ring (bicyclic) bond motifs is 1. The highest BCUT2D eigenvalue weighted by atomic mass is 19.4. The van der Waals surface area contributed by atoms with E-state index in [1.807, 2.05) is 6.07 Å². The number of benzene rings is 1. The zero-order valence-electron chi connectivity index (χ0n) is 9.76. The van der Waals surface area contributed by atoms with Crippen LogP contribution in [0, 0.1) is 0 Å². The Morgan fingerprint density at radius 2 is 2.17 bits per heavy atom. The summed E-state index contributed by atoms with van der Waals surface area (Å²) >= 11 is 0. The Bertz CT molecular complexity index is 420. The summed E-state index contributed by atoms with van der Waals surface area (Å²) < 4.78 is 41.4. The maximum absolute atomic E-state index is 12.0. The van der Waals surface area contributed by atoms with Crippen LogP contribution in [0.15, 0.2) is 18.2 Å². The van der Waals surface area contributed by atoms with E-state index in [0.29, 0.717) is 13.0 Å². The summed E-state index contributed by atoms with van der Waals surface area (Å²) in [5.41, 5.74) is 7.53. The first kappa shape index (κ1) is 13.2. The third kappa shape index (κ3) is 3.61. The fraction of sp³-hybridized carbons (Fsp3) is 0.500. The molecule has 3 nitrogen and oxygen atoms in total. The van der Waals surface area contributed by atoms with E-state index in [4.69, 9.17) is 10.5 Å². The van der Waals surface area contributed by atoms with Crippen LogP contribution in [-0.2, 0) is 13.0 Å². The Kier molecular flexibility index (Phi) is 3.77. The van der Waals surface area contributed by atoms with Gasteiger partial charge in [-0.1, -0.05) is 12.1 Å².